The van der Waals surface area contributed by atoms with E-state index in [9.17, 15) is 4.39 Å². The molecular weight excluding hydrogens is 209 g/mol. The molecule has 0 bridgehead atoms. The second-order valence-electron chi connectivity index (χ2n) is 3.85. The number of methoxy groups -OCH3 is 1. The summed E-state index contributed by atoms with van der Waals surface area (Å²) in [6.45, 7) is 4.16. The van der Waals surface area contributed by atoms with Crippen molar-refractivity contribution in [1.29, 1.82) is 0 Å². The Labute approximate surface area is 95.4 Å². The van der Waals surface area contributed by atoms with Crippen LogP contribution in [0.5, 0.6) is 5.75 Å². The maximum Gasteiger partial charge on any atom is 0.124 e. The summed E-state index contributed by atoms with van der Waals surface area (Å²) in [7, 11) is 1.61. The van der Waals surface area contributed by atoms with Crippen LogP contribution in [0.2, 0.25) is 0 Å². The van der Waals surface area contributed by atoms with Crippen molar-refractivity contribution < 1.29 is 13.9 Å². The zero-order valence-corrected chi connectivity index (χ0v) is 9.87. The first-order chi connectivity index (χ1) is 7.54. The molecule has 1 unspecified atom stereocenters. The Morgan fingerprint density at radius 2 is 2.06 bits per heavy atom. The molecule has 4 heteroatoms. The zero-order valence-electron chi connectivity index (χ0n) is 9.87. The molecule has 1 aromatic carbocycles. The van der Waals surface area contributed by atoms with Crippen molar-refractivity contribution in [3.63, 3.8) is 0 Å². The van der Waals surface area contributed by atoms with E-state index in [0.29, 0.717) is 17.9 Å². The Hall–Kier alpha value is -1.13. The highest BCUT2D eigenvalue weighted by Crippen LogP contribution is 2.25. The molecule has 0 fully saturated rings. The Bertz CT molecular complexity index is 342. The number of halogens is 1. The molecule has 1 rings (SSSR count). The minimum absolute atomic E-state index is 0.0899. The molecule has 0 amide bonds. The first-order valence-electron chi connectivity index (χ1n) is 5.25. The van der Waals surface area contributed by atoms with Gasteiger partial charge in [0.15, 0.2) is 0 Å². The summed E-state index contributed by atoms with van der Waals surface area (Å²) in [5.74, 6) is 0.306. The standard InChI is InChI=1S/C12H18FNO2/c1-8(7-15-3)16-12-5-4-10(13)6-11(12)9(2)14/h4-6,8-9H,7,14H2,1-3H3/t8?,9-/m0/s1. The van der Waals surface area contributed by atoms with E-state index in [1.807, 2.05) is 6.92 Å². The maximum absolute atomic E-state index is 13.1. The topological polar surface area (TPSA) is 44.5 Å². The van der Waals surface area contributed by atoms with Gasteiger partial charge in [-0.15, -0.1) is 0 Å². The van der Waals surface area contributed by atoms with Crippen LogP contribution in [0.25, 0.3) is 0 Å². The van der Waals surface area contributed by atoms with Crippen LogP contribution < -0.4 is 10.5 Å². The molecule has 2 atom stereocenters. The van der Waals surface area contributed by atoms with Crippen LogP contribution in [0.15, 0.2) is 18.2 Å². The number of hydrogen-bond donors (Lipinski definition) is 1. The summed E-state index contributed by atoms with van der Waals surface area (Å²) < 4.78 is 23.7. The van der Waals surface area contributed by atoms with Gasteiger partial charge in [-0.05, 0) is 32.0 Å². The average molecular weight is 227 g/mol. The molecule has 0 aliphatic carbocycles. The minimum Gasteiger partial charge on any atom is -0.488 e. The van der Waals surface area contributed by atoms with E-state index in [1.165, 1.54) is 12.1 Å². The summed E-state index contributed by atoms with van der Waals surface area (Å²) in [4.78, 5) is 0. The van der Waals surface area contributed by atoms with Gasteiger partial charge in [-0.3, -0.25) is 0 Å². The van der Waals surface area contributed by atoms with Gasteiger partial charge in [-0.1, -0.05) is 0 Å². The normalized spacial score (nSPS) is 14.6. The van der Waals surface area contributed by atoms with Crippen LogP contribution >= 0.6 is 0 Å². The van der Waals surface area contributed by atoms with Gasteiger partial charge in [-0.2, -0.15) is 0 Å². The quantitative estimate of drug-likeness (QED) is 0.839. The molecule has 0 heterocycles. The van der Waals surface area contributed by atoms with E-state index < -0.39 is 0 Å². The van der Waals surface area contributed by atoms with Crippen LogP contribution in [0.1, 0.15) is 25.5 Å². The fraction of sp³-hybridized carbons (Fsp3) is 0.500. The predicted molar refractivity (Wildman–Crippen MR) is 61.0 cm³/mol. The highest BCUT2D eigenvalue weighted by Gasteiger charge is 2.12. The molecule has 0 spiro atoms. The van der Waals surface area contributed by atoms with E-state index in [-0.39, 0.29) is 18.0 Å². The monoisotopic (exact) mass is 227 g/mol. The minimum atomic E-state index is -0.306. The summed E-state index contributed by atoms with van der Waals surface area (Å²) >= 11 is 0. The van der Waals surface area contributed by atoms with Crippen LogP contribution in [0, 0.1) is 5.82 Å². The van der Waals surface area contributed by atoms with E-state index in [2.05, 4.69) is 0 Å². The van der Waals surface area contributed by atoms with Crippen LogP contribution in [0.3, 0.4) is 0 Å². The molecule has 0 saturated heterocycles. The second kappa shape index (κ2) is 5.82. The molecule has 0 aromatic heterocycles. The second-order valence-corrected chi connectivity index (χ2v) is 3.85. The zero-order chi connectivity index (χ0) is 12.1. The van der Waals surface area contributed by atoms with Gasteiger partial charge in [0, 0.05) is 18.7 Å². The summed E-state index contributed by atoms with van der Waals surface area (Å²) in [5, 5.41) is 0. The Balaban J connectivity index is 2.86. The van der Waals surface area contributed by atoms with Crippen molar-refractivity contribution in [3.8, 4) is 5.75 Å². The van der Waals surface area contributed by atoms with Gasteiger partial charge in [0.25, 0.3) is 0 Å². The molecule has 0 aliphatic heterocycles. The number of rotatable bonds is 5. The SMILES string of the molecule is COCC(C)Oc1ccc(F)cc1[C@H](C)N. The van der Waals surface area contributed by atoms with Crippen LogP contribution in [0.4, 0.5) is 4.39 Å². The summed E-state index contributed by atoms with van der Waals surface area (Å²) in [5.41, 5.74) is 6.42. The number of nitrogens with two attached hydrogens (primary N) is 1. The molecule has 0 radical (unpaired) electrons. The number of hydrogen-bond acceptors (Lipinski definition) is 3. The highest BCUT2D eigenvalue weighted by molar-refractivity contribution is 5.36. The van der Waals surface area contributed by atoms with Gasteiger partial charge < -0.3 is 15.2 Å². The van der Waals surface area contributed by atoms with Crippen molar-refractivity contribution in [3.05, 3.63) is 29.6 Å². The summed E-state index contributed by atoms with van der Waals surface area (Å²) in [6.07, 6.45) is -0.0899. The van der Waals surface area contributed by atoms with Crippen molar-refractivity contribution in [2.75, 3.05) is 13.7 Å². The average Bonchev–Trinajstić information content (AvgIpc) is 2.20. The Morgan fingerprint density at radius 3 is 2.62 bits per heavy atom. The summed E-state index contributed by atoms with van der Waals surface area (Å²) in [6, 6.07) is 4.10. The lowest BCUT2D eigenvalue weighted by atomic mass is 10.1. The third kappa shape index (κ3) is 3.47. The van der Waals surface area contributed by atoms with Crippen molar-refractivity contribution >= 4 is 0 Å². The smallest absolute Gasteiger partial charge is 0.124 e. The van der Waals surface area contributed by atoms with Crippen molar-refractivity contribution in [2.24, 2.45) is 5.73 Å². The van der Waals surface area contributed by atoms with Gasteiger partial charge in [-0.25, -0.2) is 4.39 Å². The third-order valence-corrected chi connectivity index (χ3v) is 2.19. The largest absolute Gasteiger partial charge is 0.488 e. The Kier molecular flexibility index (Phi) is 4.71. The lowest BCUT2D eigenvalue weighted by molar-refractivity contribution is 0.0911. The molecule has 3 nitrogen and oxygen atoms in total. The molecule has 90 valence electrons. The van der Waals surface area contributed by atoms with Gasteiger partial charge in [0.05, 0.1) is 6.61 Å². The lowest BCUT2D eigenvalue weighted by Crippen LogP contribution is -2.20. The van der Waals surface area contributed by atoms with E-state index in [0.717, 1.165) is 0 Å². The third-order valence-electron chi connectivity index (χ3n) is 2.19. The maximum atomic E-state index is 13.1. The Morgan fingerprint density at radius 1 is 1.38 bits per heavy atom. The molecule has 16 heavy (non-hydrogen) atoms. The highest BCUT2D eigenvalue weighted by atomic mass is 19.1. The van der Waals surface area contributed by atoms with E-state index in [4.69, 9.17) is 15.2 Å². The lowest BCUT2D eigenvalue weighted by Gasteiger charge is -2.18. The molecule has 1 aromatic rings. The molecule has 0 aliphatic rings. The number of ether oxygens (including phenoxy) is 2. The molecular formula is C12H18FNO2. The van der Waals surface area contributed by atoms with Crippen molar-refractivity contribution in [2.45, 2.75) is 26.0 Å². The van der Waals surface area contributed by atoms with E-state index >= 15 is 0 Å². The van der Waals surface area contributed by atoms with Gasteiger partial charge >= 0.3 is 0 Å². The van der Waals surface area contributed by atoms with Gasteiger partial charge in [0.2, 0.25) is 0 Å². The van der Waals surface area contributed by atoms with Crippen LogP contribution in [-0.2, 0) is 4.74 Å². The fourth-order valence-electron chi connectivity index (χ4n) is 1.47. The van der Waals surface area contributed by atoms with Gasteiger partial charge in [0.1, 0.15) is 17.7 Å². The first-order valence-corrected chi connectivity index (χ1v) is 5.25. The molecule has 2 N–H and O–H groups in total. The number of benzene rings is 1. The first kappa shape index (κ1) is 12.9. The predicted octanol–water partition coefficient (Wildman–Crippen LogP) is 2.26. The van der Waals surface area contributed by atoms with E-state index in [1.54, 1.807) is 20.1 Å². The fourth-order valence-corrected chi connectivity index (χ4v) is 1.47. The van der Waals surface area contributed by atoms with Crippen molar-refractivity contribution in [1.82, 2.24) is 0 Å². The molecule has 0 saturated carbocycles. The van der Waals surface area contributed by atoms with Crippen LogP contribution in [-0.4, -0.2) is 19.8 Å².